The van der Waals surface area contributed by atoms with Crippen molar-refractivity contribution in [3.63, 3.8) is 0 Å². The lowest BCUT2D eigenvalue weighted by Gasteiger charge is -2.03. The summed E-state index contributed by atoms with van der Waals surface area (Å²) in [5.41, 5.74) is 0. The smallest absolute Gasteiger partial charge is 0.296 e. The number of nitrogens with zero attached hydrogens (tertiary/aromatic N) is 2. The Bertz CT molecular complexity index is 287. The number of rotatable bonds is 2. The van der Waals surface area contributed by atoms with Crippen molar-refractivity contribution in [1.82, 2.24) is 9.72 Å². The van der Waals surface area contributed by atoms with Gasteiger partial charge in [0.25, 0.3) is 0 Å². The summed E-state index contributed by atoms with van der Waals surface area (Å²) >= 11 is 0. The Hall–Kier alpha value is -1.06. The molecule has 0 aromatic carbocycles. The maximum absolute atomic E-state index is 10.8. The van der Waals surface area contributed by atoms with Crippen LogP contribution in [-0.4, -0.2) is 9.72 Å². The van der Waals surface area contributed by atoms with Gasteiger partial charge >= 0.3 is 5.76 Å². The van der Waals surface area contributed by atoms with E-state index in [2.05, 4.69) is 9.68 Å². The van der Waals surface area contributed by atoms with Crippen LogP contribution in [0.4, 0.5) is 0 Å². The zero-order valence-electron chi connectivity index (χ0n) is 7.00. The van der Waals surface area contributed by atoms with Gasteiger partial charge in [-0.15, -0.1) is 0 Å². The second kappa shape index (κ2) is 2.90. The lowest BCUT2D eigenvalue weighted by molar-refractivity contribution is 0.374. The maximum Gasteiger partial charge on any atom is 0.441 e. The first kappa shape index (κ1) is 8.04. The van der Waals surface area contributed by atoms with E-state index < -0.39 is 0 Å². The van der Waals surface area contributed by atoms with E-state index in [-0.39, 0.29) is 11.7 Å². The molecule has 1 heterocycles. The molecule has 62 valence electrons. The molecule has 0 amide bonds. The van der Waals surface area contributed by atoms with Crippen molar-refractivity contribution in [3.8, 4) is 0 Å². The highest BCUT2D eigenvalue weighted by molar-refractivity contribution is 4.90. The zero-order chi connectivity index (χ0) is 8.43. The molecule has 0 fully saturated rings. The first-order valence-corrected chi connectivity index (χ1v) is 3.69. The van der Waals surface area contributed by atoms with Crippen molar-refractivity contribution in [2.45, 2.75) is 26.2 Å². The molecule has 0 N–H and O–H groups in total. The van der Waals surface area contributed by atoms with Crippen LogP contribution in [0.2, 0.25) is 0 Å². The van der Waals surface area contributed by atoms with Gasteiger partial charge in [0.05, 0.1) is 0 Å². The van der Waals surface area contributed by atoms with E-state index in [0.29, 0.717) is 0 Å². The van der Waals surface area contributed by atoms with Gasteiger partial charge in [-0.1, -0.05) is 19.0 Å². The van der Waals surface area contributed by atoms with E-state index in [9.17, 15) is 4.79 Å². The standard InChI is InChI=1S/C7H12N2O2/c1-4-5(2)6-8-11-7(10)9(6)3/h5H,4H2,1-3H3. The third kappa shape index (κ3) is 1.34. The van der Waals surface area contributed by atoms with Crippen LogP contribution < -0.4 is 5.76 Å². The molecule has 4 nitrogen and oxygen atoms in total. The third-order valence-electron chi connectivity index (χ3n) is 1.89. The summed E-state index contributed by atoms with van der Waals surface area (Å²) in [5.74, 6) is 0.615. The van der Waals surface area contributed by atoms with Gasteiger partial charge in [0.2, 0.25) is 0 Å². The van der Waals surface area contributed by atoms with Gasteiger partial charge in [-0.3, -0.25) is 9.09 Å². The largest absolute Gasteiger partial charge is 0.441 e. The summed E-state index contributed by atoms with van der Waals surface area (Å²) in [7, 11) is 1.67. The Labute approximate surface area is 64.8 Å². The Morgan fingerprint density at radius 2 is 2.36 bits per heavy atom. The van der Waals surface area contributed by atoms with E-state index in [1.165, 1.54) is 4.57 Å². The highest BCUT2D eigenvalue weighted by Crippen LogP contribution is 2.13. The first-order valence-electron chi connectivity index (χ1n) is 3.69. The molecule has 1 atom stereocenters. The van der Waals surface area contributed by atoms with Crippen LogP contribution in [0.15, 0.2) is 9.32 Å². The van der Waals surface area contributed by atoms with Crippen LogP contribution in [-0.2, 0) is 7.05 Å². The second-order valence-electron chi connectivity index (χ2n) is 2.67. The van der Waals surface area contributed by atoms with Crippen LogP contribution in [0.3, 0.4) is 0 Å². The fourth-order valence-corrected chi connectivity index (χ4v) is 0.905. The lowest BCUT2D eigenvalue weighted by atomic mass is 10.1. The van der Waals surface area contributed by atoms with Crippen molar-refractivity contribution in [2.75, 3.05) is 0 Å². The lowest BCUT2D eigenvalue weighted by Crippen LogP contribution is -2.13. The summed E-state index contributed by atoms with van der Waals surface area (Å²) in [6.07, 6.45) is 0.958. The Balaban J connectivity index is 3.04. The normalized spacial score (nSPS) is 13.4. The van der Waals surface area contributed by atoms with Gasteiger partial charge in [-0.25, -0.2) is 4.79 Å². The minimum absolute atomic E-state index is 0.284. The van der Waals surface area contributed by atoms with Gasteiger partial charge < -0.3 is 0 Å². The van der Waals surface area contributed by atoms with Gasteiger partial charge in [0.15, 0.2) is 5.82 Å². The summed E-state index contributed by atoms with van der Waals surface area (Å²) in [5, 5.41) is 3.66. The molecule has 0 saturated heterocycles. The van der Waals surface area contributed by atoms with Gasteiger partial charge in [-0.05, 0) is 6.42 Å². The topological polar surface area (TPSA) is 48.0 Å². The Kier molecular flexibility index (Phi) is 2.12. The fourth-order valence-electron chi connectivity index (χ4n) is 0.905. The van der Waals surface area contributed by atoms with E-state index >= 15 is 0 Å². The molecule has 1 aromatic rings. The minimum atomic E-state index is -0.389. The molecule has 1 aromatic heterocycles. The third-order valence-corrected chi connectivity index (χ3v) is 1.89. The molecule has 0 aliphatic carbocycles. The van der Waals surface area contributed by atoms with Crippen LogP contribution in [0, 0.1) is 0 Å². The van der Waals surface area contributed by atoms with Gasteiger partial charge in [0, 0.05) is 13.0 Å². The maximum atomic E-state index is 10.8. The summed E-state index contributed by atoms with van der Waals surface area (Å²) in [4.78, 5) is 10.8. The fraction of sp³-hybridized carbons (Fsp3) is 0.714. The predicted molar refractivity (Wildman–Crippen MR) is 40.5 cm³/mol. The molecule has 11 heavy (non-hydrogen) atoms. The zero-order valence-corrected chi connectivity index (χ0v) is 7.00. The van der Waals surface area contributed by atoms with E-state index in [1.807, 2.05) is 13.8 Å². The van der Waals surface area contributed by atoms with Crippen molar-refractivity contribution >= 4 is 0 Å². The van der Waals surface area contributed by atoms with Gasteiger partial charge in [-0.2, -0.15) is 0 Å². The van der Waals surface area contributed by atoms with E-state index in [0.717, 1.165) is 12.2 Å². The van der Waals surface area contributed by atoms with Crippen LogP contribution >= 0.6 is 0 Å². The molecular formula is C7H12N2O2. The molecule has 0 radical (unpaired) electrons. The van der Waals surface area contributed by atoms with Crippen molar-refractivity contribution < 1.29 is 4.52 Å². The highest BCUT2D eigenvalue weighted by atomic mass is 16.5. The molecule has 0 bridgehead atoms. The number of hydrogen-bond donors (Lipinski definition) is 0. The highest BCUT2D eigenvalue weighted by Gasteiger charge is 2.11. The minimum Gasteiger partial charge on any atom is -0.296 e. The molecule has 1 unspecified atom stereocenters. The predicted octanol–water partition coefficient (Wildman–Crippen LogP) is 0.887. The molecule has 0 saturated carbocycles. The Morgan fingerprint density at radius 1 is 1.73 bits per heavy atom. The van der Waals surface area contributed by atoms with Gasteiger partial charge in [0.1, 0.15) is 0 Å². The molecule has 0 aliphatic heterocycles. The second-order valence-corrected chi connectivity index (χ2v) is 2.67. The van der Waals surface area contributed by atoms with Crippen LogP contribution in [0.5, 0.6) is 0 Å². The molecule has 4 heteroatoms. The molecule has 0 aliphatic rings. The average molecular weight is 156 g/mol. The number of hydrogen-bond acceptors (Lipinski definition) is 3. The summed E-state index contributed by atoms with van der Waals surface area (Å²) < 4.78 is 5.91. The van der Waals surface area contributed by atoms with Crippen molar-refractivity contribution in [3.05, 3.63) is 16.4 Å². The monoisotopic (exact) mass is 156 g/mol. The molecule has 1 rings (SSSR count). The van der Waals surface area contributed by atoms with E-state index in [4.69, 9.17) is 0 Å². The Morgan fingerprint density at radius 3 is 2.73 bits per heavy atom. The summed E-state index contributed by atoms with van der Waals surface area (Å²) in [6, 6.07) is 0. The SMILES string of the molecule is CCC(C)c1noc(=O)n1C. The average Bonchev–Trinajstić information content (AvgIpc) is 2.32. The molecular weight excluding hydrogens is 144 g/mol. The molecule has 0 spiro atoms. The van der Waals surface area contributed by atoms with Crippen molar-refractivity contribution in [2.24, 2.45) is 7.05 Å². The summed E-state index contributed by atoms with van der Waals surface area (Å²) in [6.45, 7) is 4.06. The number of aromatic nitrogens is 2. The van der Waals surface area contributed by atoms with Crippen LogP contribution in [0.25, 0.3) is 0 Å². The quantitative estimate of drug-likeness (QED) is 0.638. The van der Waals surface area contributed by atoms with E-state index in [1.54, 1.807) is 7.05 Å². The van der Waals surface area contributed by atoms with Crippen molar-refractivity contribution in [1.29, 1.82) is 0 Å². The first-order chi connectivity index (χ1) is 5.16. The van der Waals surface area contributed by atoms with Crippen LogP contribution in [0.1, 0.15) is 32.0 Å².